The smallest absolute Gasteiger partial charge is 0.207 e. The van der Waals surface area contributed by atoms with Crippen LogP contribution in [0.2, 0.25) is 5.02 Å². The van der Waals surface area contributed by atoms with Gasteiger partial charge < -0.3 is 0 Å². The summed E-state index contributed by atoms with van der Waals surface area (Å²) in [7, 11) is -3.36. The molecule has 0 radical (unpaired) electrons. The lowest BCUT2D eigenvalue weighted by Crippen LogP contribution is -2.36. The van der Waals surface area contributed by atoms with Crippen molar-refractivity contribution < 1.29 is 21.6 Å². The van der Waals surface area contributed by atoms with Crippen LogP contribution >= 0.6 is 11.6 Å². The summed E-state index contributed by atoms with van der Waals surface area (Å²) >= 11 is 5.67. The van der Waals surface area contributed by atoms with Crippen molar-refractivity contribution in [3.8, 4) is 6.07 Å². The van der Waals surface area contributed by atoms with E-state index in [1.54, 1.807) is 6.07 Å². The molecular weight excluding hydrogens is 329 g/mol. The van der Waals surface area contributed by atoms with E-state index in [1.165, 1.54) is 6.92 Å². The monoisotopic (exact) mass is 340 g/mol. The second-order valence-electron chi connectivity index (χ2n) is 4.35. The third-order valence-corrected chi connectivity index (χ3v) is 5.42. The first-order valence-corrected chi connectivity index (χ1v) is 7.56. The Balaban J connectivity index is 3.50. The molecule has 0 spiro atoms. The molecule has 0 aromatic heterocycles. The molecule has 116 valence electrons. The van der Waals surface area contributed by atoms with Crippen LogP contribution in [0.25, 0.3) is 0 Å². The number of halogens is 4. The summed E-state index contributed by atoms with van der Waals surface area (Å²) in [4.78, 5) is -0.994. The molecule has 4 nitrogen and oxygen atoms in total. The highest BCUT2D eigenvalue weighted by Crippen LogP contribution is 2.38. The molecule has 0 fully saturated rings. The molecule has 1 atom stereocenters. The van der Waals surface area contributed by atoms with E-state index in [0.717, 1.165) is 19.2 Å². The van der Waals surface area contributed by atoms with Gasteiger partial charge in [0.05, 0.1) is 23.1 Å². The first-order chi connectivity index (χ1) is 9.53. The van der Waals surface area contributed by atoms with Crippen molar-refractivity contribution in [2.24, 2.45) is 0 Å². The van der Waals surface area contributed by atoms with Crippen molar-refractivity contribution in [3.63, 3.8) is 0 Å². The van der Waals surface area contributed by atoms with Crippen molar-refractivity contribution in [3.05, 3.63) is 28.8 Å². The summed E-state index contributed by atoms with van der Waals surface area (Å²) in [6.07, 6.45) is -5.01. The van der Waals surface area contributed by atoms with E-state index in [9.17, 15) is 21.6 Å². The number of hydrogen-bond donors (Lipinski definition) is 0. The average molecular weight is 341 g/mol. The molecule has 0 bridgehead atoms. The van der Waals surface area contributed by atoms with Crippen LogP contribution in [0.15, 0.2) is 23.1 Å². The van der Waals surface area contributed by atoms with Gasteiger partial charge in [0.25, 0.3) is 0 Å². The highest BCUT2D eigenvalue weighted by atomic mass is 35.5. The first-order valence-electron chi connectivity index (χ1n) is 5.74. The molecule has 0 aliphatic rings. The highest BCUT2D eigenvalue weighted by molar-refractivity contribution is 7.89. The lowest BCUT2D eigenvalue weighted by atomic mass is 10.2. The average Bonchev–Trinajstić information content (AvgIpc) is 2.36. The van der Waals surface area contributed by atoms with Crippen LogP contribution in [0.3, 0.4) is 0 Å². The number of nitriles is 1. The van der Waals surface area contributed by atoms with E-state index >= 15 is 0 Å². The normalized spacial score (nSPS) is 14.0. The van der Waals surface area contributed by atoms with Gasteiger partial charge in [-0.3, -0.25) is 0 Å². The van der Waals surface area contributed by atoms with Gasteiger partial charge in [-0.1, -0.05) is 17.7 Å². The molecule has 1 rings (SSSR count). The van der Waals surface area contributed by atoms with Gasteiger partial charge in [0.1, 0.15) is 4.90 Å². The van der Waals surface area contributed by atoms with E-state index in [1.807, 2.05) is 0 Å². The van der Waals surface area contributed by atoms with Crippen LogP contribution in [0.1, 0.15) is 18.9 Å². The van der Waals surface area contributed by atoms with E-state index in [-0.39, 0.29) is 6.42 Å². The Kier molecular flexibility index (Phi) is 5.25. The summed E-state index contributed by atoms with van der Waals surface area (Å²) in [6, 6.07) is 3.75. The van der Waals surface area contributed by atoms with Crippen LogP contribution in [0, 0.1) is 11.3 Å². The standard InChI is InChI=1S/C12H12ClF3N2O2S/c1-8(6-7-17)18(2)21(19,20)11-9(12(14,15)16)4-3-5-10(11)13/h3-5,8H,6H2,1-2H3/t8-/m1/s1. The van der Waals surface area contributed by atoms with Gasteiger partial charge in [-0.15, -0.1) is 0 Å². The van der Waals surface area contributed by atoms with Crippen LogP contribution < -0.4 is 0 Å². The van der Waals surface area contributed by atoms with Crippen molar-refractivity contribution >= 4 is 21.6 Å². The quantitative estimate of drug-likeness (QED) is 0.845. The molecule has 0 amide bonds. The Bertz CT molecular complexity index is 668. The van der Waals surface area contributed by atoms with Crippen LogP contribution in [-0.4, -0.2) is 25.8 Å². The fourth-order valence-electron chi connectivity index (χ4n) is 1.64. The van der Waals surface area contributed by atoms with Crippen LogP contribution in [0.5, 0.6) is 0 Å². The van der Waals surface area contributed by atoms with Crippen molar-refractivity contribution in [2.45, 2.75) is 30.5 Å². The minimum atomic E-state index is -4.85. The largest absolute Gasteiger partial charge is 0.417 e. The van der Waals surface area contributed by atoms with Gasteiger partial charge in [0, 0.05) is 13.1 Å². The minimum absolute atomic E-state index is 0.151. The van der Waals surface area contributed by atoms with E-state index < -0.39 is 37.7 Å². The van der Waals surface area contributed by atoms with Gasteiger partial charge in [-0.25, -0.2) is 8.42 Å². The lowest BCUT2D eigenvalue weighted by Gasteiger charge is -2.24. The number of alkyl halides is 3. The predicted octanol–water partition coefficient (Wildman–Crippen LogP) is 3.28. The summed E-state index contributed by atoms with van der Waals surface area (Å²) in [5, 5.41) is 8.07. The zero-order valence-corrected chi connectivity index (χ0v) is 12.7. The Labute approximate surface area is 125 Å². The van der Waals surface area contributed by atoms with Crippen molar-refractivity contribution in [1.82, 2.24) is 4.31 Å². The molecule has 9 heteroatoms. The van der Waals surface area contributed by atoms with Crippen molar-refractivity contribution in [1.29, 1.82) is 5.26 Å². The molecule has 0 aliphatic heterocycles. The number of benzene rings is 1. The molecule has 0 N–H and O–H groups in total. The Morgan fingerprint density at radius 3 is 2.48 bits per heavy atom. The van der Waals surface area contributed by atoms with Gasteiger partial charge in [-0.05, 0) is 19.1 Å². The SMILES string of the molecule is C[C@H](CC#N)N(C)S(=O)(=O)c1c(Cl)cccc1C(F)(F)F. The molecule has 0 heterocycles. The number of rotatable bonds is 4. The minimum Gasteiger partial charge on any atom is -0.207 e. The number of nitrogens with zero attached hydrogens (tertiary/aromatic N) is 2. The third-order valence-electron chi connectivity index (χ3n) is 2.92. The van der Waals surface area contributed by atoms with Crippen molar-refractivity contribution in [2.75, 3.05) is 7.05 Å². The fourth-order valence-corrected chi connectivity index (χ4v) is 3.72. The molecule has 1 aromatic rings. The summed E-state index contributed by atoms with van der Waals surface area (Å²) in [6.45, 7) is 1.42. The van der Waals surface area contributed by atoms with Crippen LogP contribution in [0.4, 0.5) is 13.2 Å². The van der Waals surface area contributed by atoms with Gasteiger partial charge in [0.2, 0.25) is 10.0 Å². The molecule has 0 saturated heterocycles. The molecule has 21 heavy (non-hydrogen) atoms. The number of hydrogen-bond acceptors (Lipinski definition) is 3. The summed E-state index contributed by atoms with van der Waals surface area (Å²) in [5.41, 5.74) is -1.33. The third kappa shape index (κ3) is 3.67. The van der Waals surface area contributed by atoms with Gasteiger partial charge >= 0.3 is 6.18 Å². The topological polar surface area (TPSA) is 61.2 Å². The Morgan fingerprint density at radius 2 is 2.00 bits per heavy atom. The maximum absolute atomic E-state index is 13.0. The van der Waals surface area contributed by atoms with E-state index in [2.05, 4.69) is 0 Å². The zero-order valence-electron chi connectivity index (χ0n) is 11.1. The zero-order chi connectivity index (χ0) is 16.4. The lowest BCUT2D eigenvalue weighted by molar-refractivity contribution is -0.139. The van der Waals surface area contributed by atoms with E-state index in [0.29, 0.717) is 10.4 Å². The maximum Gasteiger partial charge on any atom is 0.417 e. The summed E-state index contributed by atoms with van der Waals surface area (Å²) in [5.74, 6) is 0. The fraction of sp³-hybridized carbons (Fsp3) is 0.417. The second kappa shape index (κ2) is 6.22. The number of sulfonamides is 1. The first kappa shape index (κ1) is 17.8. The van der Waals surface area contributed by atoms with Gasteiger partial charge in [-0.2, -0.15) is 22.7 Å². The van der Waals surface area contributed by atoms with E-state index in [4.69, 9.17) is 16.9 Å². The highest BCUT2D eigenvalue weighted by Gasteiger charge is 2.40. The summed E-state index contributed by atoms with van der Waals surface area (Å²) < 4.78 is 64.4. The molecule has 0 saturated carbocycles. The molecule has 1 aromatic carbocycles. The Morgan fingerprint density at radius 1 is 1.43 bits per heavy atom. The van der Waals surface area contributed by atoms with Gasteiger partial charge in [0.15, 0.2) is 0 Å². The second-order valence-corrected chi connectivity index (χ2v) is 6.69. The molecule has 0 unspecified atom stereocenters. The van der Waals surface area contributed by atoms with Crippen LogP contribution in [-0.2, 0) is 16.2 Å². The predicted molar refractivity (Wildman–Crippen MR) is 71.1 cm³/mol. The molecular formula is C12H12ClF3N2O2S. The Hall–Kier alpha value is -1.30. The maximum atomic E-state index is 13.0. The molecule has 0 aliphatic carbocycles.